The first-order valence-corrected chi connectivity index (χ1v) is 5.87. The molecule has 1 aliphatic rings. The molecule has 1 N–H and O–H groups in total. The van der Waals surface area contributed by atoms with Crippen molar-refractivity contribution in [2.24, 2.45) is 0 Å². The van der Waals surface area contributed by atoms with Crippen molar-refractivity contribution >= 4 is 0 Å². The number of rotatable bonds is 2. The summed E-state index contributed by atoms with van der Waals surface area (Å²) in [6.07, 6.45) is 0. The van der Waals surface area contributed by atoms with E-state index in [1.54, 1.807) is 6.07 Å². The molecule has 1 aliphatic heterocycles. The second-order valence-electron chi connectivity index (χ2n) is 4.75. The minimum Gasteiger partial charge on any atom is -0.309 e. The lowest BCUT2D eigenvalue weighted by atomic mass is 10.1. The summed E-state index contributed by atoms with van der Waals surface area (Å²) in [6, 6.07) is 8.00. The Hall–Kier alpha value is -0.930. The van der Waals surface area contributed by atoms with Gasteiger partial charge in [0.1, 0.15) is 5.82 Å². The van der Waals surface area contributed by atoms with Crippen molar-refractivity contribution < 1.29 is 4.39 Å². The maximum Gasteiger partial charge on any atom is 0.127 e. The van der Waals surface area contributed by atoms with Crippen molar-refractivity contribution in [2.45, 2.75) is 32.5 Å². The Morgan fingerprint density at radius 2 is 1.88 bits per heavy atom. The monoisotopic (exact) mass is 222 g/mol. The van der Waals surface area contributed by atoms with Crippen LogP contribution in [0.25, 0.3) is 0 Å². The van der Waals surface area contributed by atoms with Crippen LogP contribution in [-0.2, 0) is 6.54 Å². The molecule has 0 aromatic heterocycles. The van der Waals surface area contributed by atoms with Gasteiger partial charge < -0.3 is 5.32 Å². The zero-order chi connectivity index (χ0) is 11.5. The minimum absolute atomic E-state index is 0.0960. The smallest absolute Gasteiger partial charge is 0.127 e. The minimum atomic E-state index is -0.0960. The topological polar surface area (TPSA) is 15.3 Å². The van der Waals surface area contributed by atoms with E-state index in [1.807, 2.05) is 12.1 Å². The fourth-order valence-corrected chi connectivity index (χ4v) is 2.44. The summed E-state index contributed by atoms with van der Waals surface area (Å²) in [5.41, 5.74) is 0.795. The van der Waals surface area contributed by atoms with E-state index in [0.29, 0.717) is 18.6 Å². The lowest BCUT2D eigenvalue weighted by molar-refractivity contribution is 0.165. The number of nitrogens with zero attached hydrogens (tertiary/aromatic N) is 1. The van der Waals surface area contributed by atoms with E-state index in [2.05, 4.69) is 24.1 Å². The fourth-order valence-electron chi connectivity index (χ4n) is 2.44. The average molecular weight is 222 g/mol. The van der Waals surface area contributed by atoms with Crippen molar-refractivity contribution in [1.29, 1.82) is 0 Å². The van der Waals surface area contributed by atoms with Gasteiger partial charge in [-0.2, -0.15) is 0 Å². The van der Waals surface area contributed by atoms with Crippen molar-refractivity contribution in [2.75, 3.05) is 13.1 Å². The summed E-state index contributed by atoms with van der Waals surface area (Å²) >= 11 is 0. The Morgan fingerprint density at radius 1 is 1.25 bits per heavy atom. The van der Waals surface area contributed by atoms with E-state index in [9.17, 15) is 4.39 Å². The summed E-state index contributed by atoms with van der Waals surface area (Å²) in [5.74, 6) is -0.0960. The van der Waals surface area contributed by atoms with Crippen LogP contribution in [0.5, 0.6) is 0 Å². The molecular weight excluding hydrogens is 203 g/mol. The SMILES string of the molecule is CC1CN(Cc2ccccc2F)CC(C)N1. The van der Waals surface area contributed by atoms with E-state index in [4.69, 9.17) is 0 Å². The molecule has 0 radical (unpaired) electrons. The molecule has 1 aromatic rings. The normalized spacial score (nSPS) is 26.9. The van der Waals surface area contributed by atoms with Gasteiger partial charge in [-0.1, -0.05) is 18.2 Å². The van der Waals surface area contributed by atoms with Crippen LogP contribution < -0.4 is 5.32 Å². The van der Waals surface area contributed by atoms with Crippen molar-refractivity contribution in [3.63, 3.8) is 0 Å². The van der Waals surface area contributed by atoms with Crippen LogP contribution in [0.15, 0.2) is 24.3 Å². The molecule has 0 saturated carbocycles. The van der Waals surface area contributed by atoms with Gasteiger partial charge in [-0.3, -0.25) is 4.90 Å². The van der Waals surface area contributed by atoms with E-state index < -0.39 is 0 Å². The lowest BCUT2D eigenvalue weighted by Crippen LogP contribution is -2.53. The summed E-state index contributed by atoms with van der Waals surface area (Å²) in [7, 11) is 0. The Kier molecular flexibility index (Phi) is 3.56. The van der Waals surface area contributed by atoms with E-state index in [1.165, 1.54) is 6.07 Å². The van der Waals surface area contributed by atoms with Gasteiger partial charge in [0, 0.05) is 37.3 Å². The summed E-state index contributed by atoms with van der Waals surface area (Å²) in [6.45, 7) is 7.02. The predicted molar refractivity (Wildman–Crippen MR) is 63.7 cm³/mol. The molecule has 88 valence electrons. The van der Waals surface area contributed by atoms with Gasteiger partial charge in [0.05, 0.1) is 0 Å². The molecule has 3 heteroatoms. The highest BCUT2D eigenvalue weighted by Crippen LogP contribution is 2.12. The Bertz CT molecular complexity index is 344. The maximum absolute atomic E-state index is 13.5. The molecule has 0 amide bonds. The van der Waals surface area contributed by atoms with E-state index >= 15 is 0 Å². The molecule has 0 spiro atoms. The summed E-state index contributed by atoms with van der Waals surface area (Å²) < 4.78 is 13.5. The third kappa shape index (κ3) is 2.80. The Labute approximate surface area is 96.5 Å². The number of halogens is 1. The van der Waals surface area contributed by atoms with Gasteiger partial charge in [0.15, 0.2) is 0 Å². The number of hydrogen-bond acceptors (Lipinski definition) is 2. The standard InChI is InChI=1S/C13H19FN2/c1-10-7-16(8-11(2)15-10)9-12-5-3-4-6-13(12)14/h3-6,10-11,15H,7-9H2,1-2H3. The van der Waals surface area contributed by atoms with Crippen LogP contribution in [0.1, 0.15) is 19.4 Å². The lowest BCUT2D eigenvalue weighted by Gasteiger charge is -2.36. The summed E-state index contributed by atoms with van der Waals surface area (Å²) in [5, 5.41) is 3.47. The van der Waals surface area contributed by atoms with Gasteiger partial charge >= 0.3 is 0 Å². The van der Waals surface area contributed by atoms with Gasteiger partial charge in [0.2, 0.25) is 0 Å². The van der Waals surface area contributed by atoms with Crippen molar-refractivity contribution in [3.05, 3.63) is 35.6 Å². The highest BCUT2D eigenvalue weighted by Gasteiger charge is 2.21. The number of hydrogen-bond donors (Lipinski definition) is 1. The Balaban J connectivity index is 2.02. The molecule has 1 aromatic carbocycles. The van der Waals surface area contributed by atoms with Crippen LogP contribution >= 0.6 is 0 Å². The van der Waals surface area contributed by atoms with E-state index in [0.717, 1.165) is 18.7 Å². The zero-order valence-corrected chi connectivity index (χ0v) is 9.91. The first-order chi connectivity index (χ1) is 7.65. The molecule has 0 bridgehead atoms. The highest BCUT2D eigenvalue weighted by molar-refractivity contribution is 5.17. The molecule has 1 saturated heterocycles. The number of benzene rings is 1. The summed E-state index contributed by atoms with van der Waals surface area (Å²) in [4.78, 5) is 2.31. The van der Waals surface area contributed by atoms with Crippen LogP contribution in [0.4, 0.5) is 4.39 Å². The zero-order valence-electron chi connectivity index (χ0n) is 9.91. The van der Waals surface area contributed by atoms with E-state index in [-0.39, 0.29) is 5.82 Å². The van der Waals surface area contributed by atoms with Crippen LogP contribution in [0.2, 0.25) is 0 Å². The molecule has 2 unspecified atom stereocenters. The molecule has 2 rings (SSSR count). The van der Waals surface area contributed by atoms with Crippen LogP contribution in [0.3, 0.4) is 0 Å². The molecule has 0 aliphatic carbocycles. The Morgan fingerprint density at radius 3 is 2.50 bits per heavy atom. The second-order valence-corrected chi connectivity index (χ2v) is 4.75. The fraction of sp³-hybridized carbons (Fsp3) is 0.538. The van der Waals surface area contributed by atoms with Crippen LogP contribution in [-0.4, -0.2) is 30.1 Å². The van der Waals surface area contributed by atoms with Gasteiger partial charge in [-0.05, 0) is 19.9 Å². The van der Waals surface area contributed by atoms with Gasteiger partial charge in [-0.25, -0.2) is 4.39 Å². The predicted octanol–water partition coefficient (Wildman–Crippen LogP) is 2.01. The highest BCUT2D eigenvalue weighted by atomic mass is 19.1. The maximum atomic E-state index is 13.5. The molecule has 1 fully saturated rings. The third-order valence-corrected chi connectivity index (χ3v) is 2.98. The quantitative estimate of drug-likeness (QED) is 0.823. The molecule has 2 nitrogen and oxygen atoms in total. The number of nitrogens with one attached hydrogen (secondary N) is 1. The van der Waals surface area contributed by atoms with Gasteiger partial charge in [-0.15, -0.1) is 0 Å². The third-order valence-electron chi connectivity index (χ3n) is 2.98. The van der Waals surface area contributed by atoms with Crippen molar-refractivity contribution in [3.8, 4) is 0 Å². The van der Waals surface area contributed by atoms with Crippen LogP contribution in [0, 0.1) is 5.82 Å². The second kappa shape index (κ2) is 4.93. The molecule has 16 heavy (non-hydrogen) atoms. The van der Waals surface area contributed by atoms with Gasteiger partial charge in [0.25, 0.3) is 0 Å². The first kappa shape index (κ1) is 11.6. The molecule has 1 heterocycles. The molecule has 2 atom stereocenters. The van der Waals surface area contributed by atoms with Crippen molar-refractivity contribution in [1.82, 2.24) is 10.2 Å². The average Bonchev–Trinajstić information content (AvgIpc) is 2.20. The number of piperazine rings is 1. The first-order valence-electron chi connectivity index (χ1n) is 5.87. The molecular formula is C13H19FN2. The largest absolute Gasteiger partial charge is 0.309 e.